The molecule has 0 spiro atoms. The number of benzene rings is 1. The van der Waals surface area contributed by atoms with Crippen LogP contribution < -0.4 is 10.6 Å². The van der Waals surface area contributed by atoms with Crippen molar-refractivity contribution < 1.29 is 4.79 Å². The number of hydrogen-bond acceptors (Lipinski definition) is 4. The molecule has 136 valence electrons. The van der Waals surface area contributed by atoms with Crippen LogP contribution in [0, 0.1) is 0 Å². The summed E-state index contributed by atoms with van der Waals surface area (Å²) in [5.74, 6) is 0.0977. The number of rotatable bonds is 6. The van der Waals surface area contributed by atoms with Gasteiger partial charge in [-0.15, -0.1) is 23.7 Å². The average molecular weight is 380 g/mol. The summed E-state index contributed by atoms with van der Waals surface area (Å²) < 4.78 is 0. The van der Waals surface area contributed by atoms with Crippen molar-refractivity contribution in [2.24, 2.45) is 0 Å². The van der Waals surface area contributed by atoms with Crippen molar-refractivity contribution in [3.63, 3.8) is 0 Å². The topological polar surface area (TPSA) is 44.4 Å². The molecule has 1 aromatic heterocycles. The standard InChI is InChI=1S/C19H25N3OS.ClH/c1-2-15-5-7-16(8-6-15)18-13-20-9-10-22(18)14-19(23)21-12-17-4-3-11-24-17;/h3-8,11,18,20H,2,9-10,12-14H2,1H3,(H,21,23);1H. The largest absolute Gasteiger partial charge is 0.350 e. The fourth-order valence-corrected chi connectivity index (χ4v) is 3.72. The highest BCUT2D eigenvalue weighted by Gasteiger charge is 2.25. The fourth-order valence-electron chi connectivity index (χ4n) is 3.08. The molecule has 0 radical (unpaired) electrons. The Hall–Kier alpha value is -1.40. The zero-order valence-corrected chi connectivity index (χ0v) is 16.2. The highest BCUT2D eigenvalue weighted by atomic mass is 35.5. The minimum atomic E-state index is 0. The summed E-state index contributed by atoms with van der Waals surface area (Å²) in [5.41, 5.74) is 2.63. The molecule has 0 aliphatic carbocycles. The Bertz CT molecular complexity index is 645. The summed E-state index contributed by atoms with van der Waals surface area (Å²) in [6, 6.07) is 13.1. The average Bonchev–Trinajstić information content (AvgIpc) is 3.14. The predicted octanol–water partition coefficient (Wildman–Crippen LogP) is 3.00. The van der Waals surface area contributed by atoms with Crippen molar-refractivity contribution in [3.05, 3.63) is 57.8 Å². The number of nitrogens with zero attached hydrogens (tertiary/aromatic N) is 1. The van der Waals surface area contributed by atoms with E-state index in [1.54, 1.807) is 11.3 Å². The van der Waals surface area contributed by atoms with Gasteiger partial charge in [0.2, 0.25) is 5.91 Å². The number of hydrogen-bond donors (Lipinski definition) is 2. The van der Waals surface area contributed by atoms with Crippen molar-refractivity contribution in [2.75, 3.05) is 26.2 Å². The second kappa shape index (κ2) is 9.92. The fraction of sp³-hybridized carbons (Fsp3) is 0.421. The third kappa shape index (κ3) is 5.54. The van der Waals surface area contributed by atoms with Crippen LogP contribution in [0.1, 0.15) is 29.0 Å². The zero-order valence-electron chi connectivity index (χ0n) is 14.5. The molecular formula is C19H26ClN3OS. The lowest BCUT2D eigenvalue weighted by Gasteiger charge is -2.36. The van der Waals surface area contributed by atoms with Crippen LogP contribution in [0.25, 0.3) is 0 Å². The van der Waals surface area contributed by atoms with E-state index in [1.165, 1.54) is 16.0 Å². The lowest BCUT2D eigenvalue weighted by Crippen LogP contribution is -2.49. The van der Waals surface area contributed by atoms with Crippen LogP contribution in [0.5, 0.6) is 0 Å². The monoisotopic (exact) mass is 379 g/mol. The van der Waals surface area contributed by atoms with Crippen LogP contribution in [-0.2, 0) is 17.8 Å². The molecule has 3 rings (SSSR count). The number of halogens is 1. The summed E-state index contributed by atoms with van der Waals surface area (Å²) in [4.78, 5) is 15.8. The van der Waals surface area contributed by atoms with E-state index < -0.39 is 0 Å². The van der Waals surface area contributed by atoms with Crippen molar-refractivity contribution in [2.45, 2.75) is 25.9 Å². The zero-order chi connectivity index (χ0) is 16.8. The van der Waals surface area contributed by atoms with E-state index in [2.05, 4.69) is 46.7 Å². The smallest absolute Gasteiger partial charge is 0.234 e. The highest BCUT2D eigenvalue weighted by molar-refractivity contribution is 7.09. The summed E-state index contributed by atoms with van der Waals surface area (Å²) in [5, 5.41) is 8.52. The third-order valence-electron chi connectivity index (χ3n) is 4.51. The Labute approximate surface area is 160 Å². The van der Waals surface area contributed by atoms with E-state index in [1.807, 2.05) is 17.5 Å². The van der Waals surface area contributed by atoms with Gasteiger partial charge in [0.25, 0.3) is 0 Å². The molecule has 1 aliphatic heterocycles. The molecule has 1 fully saturated rings. The number of nitrogens with one attached hydrogen (secondary N) is 2. The molecule has 0 saturated carbocycles. The Balaban J connectivity index is 0.00000225. The molecule has 2 heterocycles. The van der Waals surface area contributed by atoms with Crippen LogP contribution >= 0.6 is 23.7 Å². The van der Waals surface area contributed by atoms with Gasteiger partial charge >= 0.3 is 0 Å². The first kappa shape index (κ1) is 19.9. The predicted molar refractivity (Wildman–Crippen MR) is 106 cm³/mol. The summed E-state index contributed by atoms with van der Waals surface area (Å²) >= 11 is 1.67. The molecule has 6 heteroatoms. The van der Waals surface area contributed by atoms with Crippen molar-refractivity contribution in [3.8, 4) is 0 Å². The third-order valence-corrected chi connectivity index (χ3v) is 5.39. The maximum absolute atomic E-state index is 12.3. The van der Waals surface area contributed by atoms with E-state index >= 15 is 0 Å². The number of aryl methyl sites for hydroxylation is 1. The number of piperazine rings is 1. The number of carbonyl (C=O) groups is 1. The summed E-state index contributed by atoms with van der Waals surface area (Å²) in [6.07, 6.45) is 1.05. The Kier molecular flexibility index (Phi) is 7.90. The summed E-state index contributed by atoms with van der Waals surface area (Å²) in [6.45, 7) is 5.96. The number of amides is 1. The minimum Gasteiger partial charge on any atom is -0.350 e. The van der Waals surface area contributed by atoms with Crippen molar-refractivity contribution >= 4 is 29.7 Å². The van der Waals surface area contributed by atoms with Crippen LogP contribution in [0.2, 0.25) is 0 Å². The maximum Gasteiger partial charge on any atom is 0.234 e. The lowest BCUT2D eigenvalue weighted by atomic mass is 10.0. The van der Waals surface area contributed by atoms with Crippen molar-refractivity contribution in [1.29, 1.82) is 0 Å². The van der Waals surface area contributed by atoms with Crippen LogP contribution in [-0.4, -0.2) is 37.0 Å². The Morgan fingerprint density at radius 1 is 1.32 bits per heavy atom. The molecule has 1 saturated heterocycles. The normalized spacial score (nSPS) is 17.7. The SMILES string of the molecule is CCc1ccc(C2CNCCN2CC(=O)NCc2cccs2)cc1.Cl. The highest BCUT2D eigenvalue weighted by Crippen LogP contribution is 2.22. The van der Waals surface area contributed by atoms with Crippen molar-refractivity contribution in [1.82, 2.24) is 15.5 Å². The van der Waals surface area contributed by atoms with Gasteiger partial charge in [0, 0.05) is 30.6 Å². The maximum atomic E-state index is 12.3. The van der Waals surface area contributed by atoms with Gasteiger partial charge in [-0.2, -0.15) is 0 Å². The molecule has 1 atom stereocenters. The first-order valence-electron chi connectivity index (χ1n) is 8.59. The lowest BCUT2D eigenvalue weighted by molar-refractivity contribution is -0.123. The Morgan fingerprint density at radius 2 is 2.12 bits per heavy atom. The van der Waals surface area contributed by atoms with Crippen LogP contribution in [0.4, 0.5) is 0 Å². The second-order valence-electron chi connectivity index (χ2n) is 6.14. The molecule has 4 nitrogen and oxygen atoms in total. The first-order chi connectivity index (χ1) is 11.8. The quantitative estimate of drug-likeness (QED) is 0.810. The molecule has 1 aromatic carbocycles. The molecular weight excluding hydrogens is 354 g/mol. The molecule has 1 amide bonds. The van der Waals surface area contributed by atoms with Gasteiger partial charge in [-0.05, 0) is 29.0 Å². The molecule has 2 aromatic rings. The van der Waals surface area contributed by atoms with Gasteiger partial charge in [0.15, 0.2) is 0 Å². The molecule has 2 N–H and O–H groups in total. The molecule has 0 bridgehead atoms. The Morgan fingerprint density at radius 3 is 2.80 bits per heavy atom. The molecule has 1 unspecified atom stereocenters. The van der Waals surface area contributed by atoms with Gasteiger partial charge in [-0.1, -0.05) is 37.3 Å². The van der Waals surface area contributed by atoms with Gasteiger partial charge in [0.05, 0.1) is 13.1 Å². The van der Waals surface area contributed by atoms with Crippen LogP contribution in [0.15, 0.2) is 41.8 Å². The van der Waals surface area contributed by atoms with Crippen LogP contribution in [0.3, 0.4) is 0 Å². The van der Waals surface area contributed by atoms with E-state index in [0.717, 1.165) is 26.1 Å². The van der Waals surface area contributed by atoms with Gasteiger partial charge in [-0.3, -0.25) is 9.69 Å². The van der Waals surface area contributed by atoms with E-state index in [4.69, 9.17) is 0 Å². The van der Waals surface area contributed by atoms with Gasteiger partial charge in [-0.25, -0.2) is 0 Å². The number of carbonyl (C=O) groups excluding carboxylic acids is 1. The molecule has 25 heavy (non-hydrogen) atoms. The van der Waals surface area contributed by atoms with E-state index in [0.29, 0.717) is 13.1 Å². The summed E-state index contributed by atoms with van der Waals surface area (Å²) in [7, 11) is 0. The van der Waals surface area contributed by atoms with Gasteiger partial charge < -0.3 is 10.6 Å². The minimum absolute atomic E-state index is 0. The number of thiophene rings is 1. The first-order valence-corrected chi connectivity index (χ1v) is 9.47. The van der Waals surface area contributed by atoms with E-state index in [-0.39, 0.29) is 24.4 Å². The van der Waals surface area contributed by atoms with Gasteiger partial charge in [0.1, 0.15) is 0 Å². The second-order valence-corrected chi connectivity index (χ2v) is 7.17. The van der Waals surface area contributed by atoms with E-state index in [9.17, 15) is 4.79 Å². The molecule has 1 aliphatic rings.